The van der Waals surface area contributed by atoms with Crippen LogP contribution in [0.25, 0.3) is 22.5 Å². The second kappa shape index (κ2) is 5.67. The maximum absolute atomic E-state index is 10.7. The van der Waals surface area contributed by atoms with Crippen LogP contribution in [0, 0.1) is 0 Å². The summed E-state index contributed by atoms with van der Waals surface area (Å²) < 4.78 is 10.9. The van der Waals surface area contributed by atoms with Gasteiger partial charge in [0.1, 0.15) is 11.5 Å². The number of carbonyl (C=O) groups excluding carboxylic acids is 1. The van der Waals surface area contributed by atoms with E-state index in [1.165, 1.54) is 0 Å². The van der Waals surface area contributed by atoms with E-state index in [0.29, 0.717) is 17.8 Å². The van der Waals surface area contributed by atoms with E-state index in [-0.39, 0.29) is 0 Å². The van der Waals surface area contributed by atoms with Gasteiger partial charge in [0.05, 0.1) is 7.11 Å². The number of methoxy groups -OCH3 is 1. The van der Waals surface area contributed by atoms with Crippen molar-refractivity contribution in [3.8, 4) is 28.2 Å². The Morgan fingerprint density at radius 3 is 2.43 bits per heavy atom. The number of rotatable bonds is 4. The molecular weight excluding hydrogens is 264 g/mol. The molecule has 0 unspecified atom stereocenters. The highest BCUT2D eigenvalue weighted by molar-refractivity contribution is 5.76. The molecule has 0 aliphatic carbocycles. The van der Waals surface area contributed by atoms with Gasteiger partial charge in [-0.25, -0.2) is 0 Å². The average Bonchev–Trinajstić information content (AvgIpc) is 3.04. The Morgan fingerprint density at radius 2 is 1.76 bits per heavy atom. The zero-order valence-corrected chi connectivity index (χ0v) is 11.6. The molecule has 0 saturated carbocycles. The summed E-state index contributed by atoms with van der Waals surface area (Å²) in [6.45, 7) is 0. The van der Waals surface area contributed by atoms with Crippen molar-refractivity contribution in [3.05, 3.63) is 66.4 Å². The minimum Gasteiger partial charge on any atom is -0.496 e. The van der Waals surface area contributed by atoms with Crippen LogP contribution < -0.4 is 4.74 Å². The monoisotopic (exact) mass is 278 g/mol. The first-order valence-corrected chi connectivity index (χ1v) is 6.60. The maximum Gasteiger partial charge on any atom is 0.185 e. The molecule has 1 heterocycles. The standard InChI is InChI=1S/C18H14O3/c1-20-18-11-14(17-10-8-15(12-19)21-17)7-9-16(18)13-5-3-2-4-6-13/h2-12H,1H3. The minimum atomic E-state index is 0.316. The van der Waals surface area contributed by atoms with Crippen LogP contribution in [0.2, 0.25) is 0 Å². The van der Waals surface area contributed by atoms with Crippen molar-refractivity contribution < 1.29 is 13.9 Å². The number of carbonyl (C=O) groups is 1. The molecule has 3 rings (SSSR count). The first kappa shape index (κ1) is 13.2. The molecule has 0 aliphatic heterocycles. The predicted molar refractivity (Wildman–Crippen MR) is 81.5 cm³/mol. The Hall–Kier alpha value is -2.81. The Balaban J connectivity index is 2.05. The van der Waals surface area contributed by atoms with Crippen molar-refractivity contribution in [2.45, 2.75) is 0 Å². The predicted octanol–water partition coefficient (Wildman–Crippen LogP) is 4.43. The third kappa shape index (κ3) is 2.58. The highest BCUT2D eigenvalue weighted by atomic mass is 16.5. The van der Waals surface area contributed by atoms with Crippen LogP contribution in [0.1, 0.15) is 10.6 Å². The van der Waals surface area contributed by atoms with Gasteiger partial charge in [-0.3, -0.25) is 4.79 Å². The van der Waals surface area contributed by atoms with E-state index in [1.807, 2.05) is 48.5 Å². The van der Waals surface area contributed by atoms with Gasteiger partial charge in [-0.15, -0.1) is 0 Å². The molecular formula is C18H14O3. The van der Waals surface area contributed by atoms with Crippen LogP contribution in [0.3, 0.4) is 0 Å². The molecule has 104 valence electrons. The molecule has 3 heteroatoms. The normalized spacial score (nSPS) is 10.3. The molecule has 3 nitrogen and oxygen atoms in total. The fraction of sp³-hybridized carbons (Fsp3) is 0.0556. The largest absolute Gasteiger partial charge is 0.496 e. The topological polar surface area (TPSA) is 39.4 Å². The van der Waals surface area contributed by atoms with Crippen LogP contribution in [-0.4, -0.2) is 13.4 Å². The molecule has 0 radical (unpaired) electrons. The van der Waals surface area contributed by atoms with Gasteiger partial charge in [-0.1, -0.05) is 36.4 Å². The maximum atomic E-state index is 10.7. The average molecular weight is 278 g/mol. The van der Waals surface area contributed by atoms with Gasteiger partial charge in [0, 0.05) is 11.1 Å². The van der Waals surface area contributed by atoms with E-state index in [9.17, 15) is 4.79 Å². The Morgan fingerprint density at radius 1 is 0.952 bits per heavy atom. The van der Waals surface area contributed by atoms with Crippen LogP contribution >= 0.6 is 0 Å². The molecule has 0 N–H and O–H groups in total. The Labute approximate surface area is 122 Å². The Bertz CT molecular complexity index is 757. The smallest absolute Gasteiger partial charge is 0.185 e. The van der Waals surface area contributed by atoms with Crippen molar-refractivity contribution in [3.63, 3.8) is 0 Å². The lowest BCUT2D eigenvalue weighted by atomic mass is 10.0. The summed E-state index contributed by atoms with van der Waals surface area (Å²) >= 11 is 0. The third-order valence-electron chi connectivity index (χ3n) is 3.31. The van der Waals surface area contributed by atoms with Crippen LogP contribution in [0.5, 0.6) is 5.75 Å². The zero-order valence-electron chi connectivity index (χ0n) is 11.6. The number of benzene rings is 2. The molecule has 0 amide bonds. The molecule has 0 atom stereocenters. The summed E-state index contributed by atoms with van der Waals surface area (Å²) in [5, 5.41) is 0. The van der Waals surface area contributed by atoms with Gasteiger partial charge in [0.25, 0.3) is 0 Å². The fourth-order valence-corrected chi connectivity index (χ4v) is 2.27. The first-order chi connectivity index (χ1) is 10.3. The lowest BCUT2D eigenvalue weighted by molar-refractivity contribution is 0.110. The molecule has 0 spiro atoms. The van der Waals surface area contributed by atoms with Crippen molar-refractivity contribution in [1.29, 1.82) is 0 Å². The molecule has 1 aromatic heterocycles. The van der Waals surface area contributed by atoms with E-state index >= 15 is 0 Å². The summed E-state index contributed by atoms with van der Waals surface area (Å²) in [4.78, 5) is 10.7. The van der Waals surface area contributed by atoms with Gasteiger partial charge in [-0.05, 0) is 29.8 Å². The van der Waals surface area contributed by atoms with Gasteiger partial charge >= 0.3 is 0 Å². The third-order valence-corrected chi connectivity index (χ3v) is 3.31. The number of aldehydes is 1. The number of hydrogen-bond donors (Lipinski definition) is 0. The number of furan rings is 1. The Kier molecular flexibility index (Phi) is 3.56. The van der Waals surface area contributed by atoms with Crippen LogP contribution in [0.15, 0.2) is 65.1 Å². The van der Waals surface area contributed by atoms with Crippen LogP contribution in [-0.2, 0) is 0 Å². The SMILES string of the molecule is COc1cc(-c2ccc(C=O)o2)ccc1-c1ccccc1. The summed E-state index contributed by atoms with van der Waals surface area (Å²) in [7, 11) is 1.64. The molecule has 0 bridgehead atoms. The minimum absolute atomic E-state index is 0.316. The van der Waals surface area contributed by atoms with E-state index in [4.69, 9.17) is 9.15 Å². The van der Waals surface area contributed by atoms with E-state index in [0.717, 1.165) is 22.4 Å². The molecule has 0 fully saturated rings. The summed E-state index contributed by atoms with van der Waals surface area (Å²) in [6.07, 6.45) is 0.694. The molecule has 21 heavy (non-hydrogen) atoms. The van der Waals surface area contributed by atoms with Crippen LogP contribution in [0.4, 0.5) is 0 Å². The molecule has 3 aromatic rings. The van der Waals surface area contributed by atoms with Gasteiger partial charge in [-0.2, -0.15) is 0 Å². The highest BCUT2D eigenvalue weighted by Crippen LogP contribution is 2.34. The quantitative estimate of drug-likeness (QED) is 0.662. The van der Waals surface area contributed by atoms with Crippen molar-refractivity contribution in [1.82, 2.24) is 0 Å². The highest BCUT2D eigenvalue weighted by Gasteiger charge is 2.10. The molecule has 2 aromatic carbocycles. The number of ether oxygens (including phenoxy) is 1. The summed E-state index contributed by atoms with van der Waals surface area (Å²) in [5.41, 5.74) is 2.98. The van der Waals surface area contributed by atoms with Crippen molar-refractivity contribution in [2.75, 3.05) is 7.11 Å². The molecule has 0 aliphatic rings. The zero-order chi connectivity index (χ0) is 14.7. The molecule has 0 saturated heterocycles. The van der Waals surface area contributed by atoms with E-state index < -0.39 is 0 Å². The lowest BCUT2D eigenvalue weighted by Gasteiger charge is -2.10. The number of hydrogen-bond acceptors (Lipinski definition) is 3. The van der Waals surface area contributed by atoms with Gasteiger partial charge in [0.2, 0.25) is 0 Å². The second-order valence-corrected chi connectivity index (χ2v) is 4.60. The van der Waals surface area contributed by atoms with Crippen molar-refractivity contribution >= 4 is 6.29 Å². The van der Waals surface area contributed by atoms with E-state index in [2.05, 4.69) is 0 Å². The summed E-state index contributed by atoms with van der Waals surface area (Å²) in [6, 6.07) is 19.3. The summed E-state index contributed by atoms with van der Waals surface area (Å²) in [5.74, 6) is 1.73. The lowest BCUT2D eigenvalue weighted by Crippen LogP contribution is -1.88. The van der Waals surface area contributed by atoms with Crippen molar-refractivity contribution in [2.24, 2.45) is 0 Å². The second-order valence-electron chi connectivity index (χ2n) is 4.60. The van der Waals surface area contributed by atoms with E-state index in [1.54, 1.807) is 19.2 Å². The fourth-order valence-electron chi connectivity index (χ4n) is 2.27. The van der Waals surface area contributed by atoms with Gasteiger partial charge < -0.3 is 9.15 Å². The van der Waals surface area contributed by atoms with Gasteiger partial charge in [0.15, 0.2) is 12.0 Å². The first-order valence-electron chi connectivity index (χ1n) is 6.60.